The van der Waals surface area contributed by atoms with Crippen LogP contribution in [0.3, 0.4) is 0 Å². The van der Waals surface area contributed by atoms with E-state index in [9.17, 15) is 14.4 Å². The molecular formula is C24H24N4O4. The number of benzene rings is 2. The van der Waals surface area contributed by atoms with Gasteiger partial charge in [0.25, 0.3) is 5.56 Å². The number of carbonyl (C=O) groups excluding carboxylic acids is 2. The van der Waals surface area contributed by atoms with Gasteiger partial charge in [0.2, 0.25) is 0 Å². The fourth-order valence-electron chi connectivity index (χ4n) is 3.55. The molecule has 0 aliphatic carbocycles. The molecular weight excluding hydrogens is 408 g/mol. The monoisotopic (exact) mass is 432 g/mol. The zero-order chi connectivity index (χ0) is 22.7. The van der Waals surface area contributed by atoms with Crippen molar-refractivity contribution in [3.63, 3.8) is 0 Å². The summed E-state index contributed by atoms with van der Waals surface area (Å²) in [5.74, 6) is -1.20. The van der Waals surface area contributed by atoms with Crippen LogP contribution in [0.1, 0.15) is 17.8 Å². The molecule has 32 heavy (non-hydrogen) atoms. The van der Waals surface area contributed by atoms with Crippen molar-refractivity contribution in [2.24, 2.45) is 0 Å². The maximum absolute atomic E-state index is 13.0. The average Bonchev–Trinajstić information content (AvgIpc) is 3.17. The van der Waals surface area contributed by atoms with Crippen molar-refractivity contribution in [3.8, 4) is 0 Å². The number of likely N-dealkylation sites (N-methyl/N-ethyl adjacent to an activating group) is 1. The van der Waals surface area contributed by atoms with Crippen LogP contribution < -0.4 is 10.9 Å². The number of hydrogen-bond donors (Lipinski definition) is 1. The van der Waals surface area contributed by atoms with Crippen LogP contribution in [-0.2, 0) is 20.9 Å². The number of hydrogen-bond acceptors (Lipinski definition) is 6. The quantitative estimate of drug-likeness (QED) is 0.492. The number of carbonyl (C=O) groups is 2. The first kappa shape index (κ1) is 21.5. The van der Waals surface area contributed by atoms with Gasteiger partial charge in [0.15, 0.2) is 0 Å². The van der Waals surface area contributed by atoms with Crippen LogP contribution >= 0.6 is 0 Å². The Labute approximate surface area is 185 Å². The van der Waals surface area contributed by atoms with Gasteiger partial charge in [-0.2, -0.15) is 0 Å². The van der Waals surface area contributed by atoms with E-state index in [1.807, 2.05) is 55.4 Å². The van der Waals surface area contributed by atoms with Crippen molar-refractivity contribution in [2.75, 3.05) is 32.6 Å². The van der Waals surface area contributed by atoms with Gasteiger partial charge in [-0.1, -0.05) is 30.3 Å². The Morgan fingerprint density at radius 1 is 1.19 bits per heavy atom. The number of rotatable bonds is 5. The Morgan fingerprint density at radius 2 is 1.97 bits per heavy atom. The van der Waals surface area contributed by atoms with Crippen LogP contribution in [0.15, 0.2) is 53.3 Å². The molecule has 1 aliphatic rings. The predicted molar refractivity (Wildman–Crippen MR) is 123 cm³/mol. The van der Waals surface area contributed by atoms with Crippen LogP contribution in [0.25, 0.3) is 22.6 Å². The van der Waals surface area contributed by atoms with Crippen molar-refractivity contribution >= 4 is 40.1 Å². The molecule has 1 amide bonds. The summed E-state index contributed by atoms with van der Waals surface area (Å²) in [4.78, 5) is 43.5. The SMILES string of the molecule is CN(C)CCOC(=O)C(=O)Nc1ccc2c(=O)n3c(nc2c1)C(=Cc1ccccc1)CC3. The highest BCUT2D eigenvalue weighted by atomic mass is 16.5. The highest BCUT2D eigenvalue weighted by molar-refractivity contribution is 6.37. The minimum Gasteiger partial charge on any atom is -0.457 e. The van der Waals surface area contributed by atoms with E-state index in [4.69, 9.17) is 9.72 Å². The van der Waals surface area contributed by atoms with Gasteiger partial charge in [0, 0.05) is 18.8 Å². The summed E-state index contributed by atoms with van der Waals surface area (Å²) in [5.41, 5.74) is 2.73. The third-order valence-corrected chi connectivity index (χ3v) is 5.20. The van der Waals surface area contributed by atoms with Crippen LogP contribution in [0.4, 0.5) is 5.69 Å². The van der Waals surface area contributed by atoms with E-state index in [0.717, 1.165) is 17.6 Å². The summed E-state index contributed by atoms with van der Waals surface area (Å²) in [6, 6.07) is 14.7. The van der Waals surface area contributed by atoms with E-state index < -0.39 is 11.9 Å². The zero-order valence-electron chi connectivity index (χ0n) is 18.0. The lowest BCUT2D eigenvalue weighted by Crippen LogP contribution is -2.28. The van der Waals surface area contributed by atoms with Crippen LogP contribution in [-0.4, -0.2) is 53.6 Å². The molecule has 0 fully saturated rings. The van der Waals surface area contributed by atoms with Crippen molar-refractivity contribution in [1.82, 2.24) is 14.5 Å². The number of nitrogens with one attached hydrogen (secondary N) is 1. The number of nitrogens with zero attached hydrogens (tertiary/aromatic N) is 3. The summed E-state index contributed by atoms with van der Waals surface area (Å²) in [5, 5.41) is 2.98. The molecule has 1 aliphatic heterocycles. The van der Waals surface area contributed by atoms with Crippen molar-refractivity contribution < 1.29 is 14.3 Å². The summed E-state index contributed by atoms with van der Waals surface area (Å²) in [7, 11) is 3.69. The summed E-state index contributed by atoms with van der Waals surface area (Å²) >= 11 is 0. The topological polar surface area (TPSA) is 93.5 Å². The molecule has 0 saturated carbocycles. The summed E-state index contributed by atoms with van der Waals surface area (Å²) < 4.78 is 6.63. The Morgan fingerprint density at radius 3 is 2.72 bits per heavy atom. The second-order valence-electron chi connectivity index (χ2n) is 7.85. The van der Waals surface area contributed by atoms with E-state index >= 15 is 0 Å². The molecule has 8 nitrogen and oxygen atoms in total. The maximum Gasteiger partial charge on any atom is 0.397 e. The lowest BCUT2D eigenvalue weighted by atomic mass is 10.1. The average molecular weight is 432 g/mol. The molecule has 0 radical (unpaired) electrons. The number of allylic oxidation sites excluding steroid dienone is 1. The minimum atomic E-state index is -0.956. The predicted octanol–water partition coefficient (Wildman–Crippen LogP) is 2.38. The van der Waals surface area contributed by atoms with Crippen molar-refractivity contribution in [3.05, 3.63) is 70.3 Å². The first-order valence-electron chi connectivity index (χ1n) is 10.4. The molecule has 164 valence electrons. The Kier molecular flexibility index (Phi) is 6.13. The number of anilines is 1. The molecule has 1 aromatic heterocycles. The molecule has 1 N–H and O–H groups in total. The fourth-order valence-corrected chi connectivity index (χ4v) is 3.55. The maximum atomic E-state index is 13.0. The van der Waals surface area contributed by atoms with E-state index in [1.54, 1.807) is 22.8 Å². The number of ether oxygens (including phenoxy) is 1. The smallest absolute Gasteiger partial charge is 0.397 e. The lowest BCUT2D eigenvalue weighted by Gasteiger charge is -2.10. The molecule has 0 bridgehead atoms. The number of esters is 1. The van der Waals surface area contributed by atoms with Gasteiger partial charge in [0.05, 0.1) is 10.9 Å². The first-order valence-corrected chi connectivity index (χ1v) is 10.4. The number of aromatic nitrogens is 2. The molecule has 0 saturated heterocycles. The van der Waals surface area contributed by atoms with Gasteiger partial charge < -0.3 is 15.0 Å². The first-order chi connectivity index (χ1) is 15.4. The second kappa shape index (κ2) is 9.15. The molecule has 4 rings (SSSR count). The van der Waals surface area contributed by atoms with Gasteiger partial charge in [-0.3, -0.25) is 14.2 Å². The highest BCUT2D eigenvalue weighted by Crippen LogP contribution is 2.28. The van der Waals surface area contributed by atoms with Gasteiger partial charge in [0.1, 0.15) is 12.4 Å². The van der Waals surface area contributed by atoms with E-state index in [0.29, 0.717) is 35.5 Å². The normalized spacial score (nSPS) is 14.0. The lowest BCUT2D eigenvalue weighted by molar-refractivity contribution is -0.152. The standard InChI is InChI=1S/C24H24N4O4/c1-27(2)12-13-32-24(31)22(29)25-18-8-9-19-20(15-18)26-21-17(10-11-28(21)23(19)30)14-16-6-4-3-5-7-16/h3-9,14-15H,10-13H2,1-2H3,(H,25,29). The van der Waals surface area contributed by atoms with Gasteiger partial charge in [-0.15, -0.1) is 0 Å². The third kappa shape index (κ3) is 4.60. The Balaban J connectivity index is 1.59. The second-order valence-corrected chi connectivity index (χ2v) is 7.85. The van der Waals surface area contributed by atoms with Crippen molar-refractivity contribution in [2.45, 2.75) is 13.0 Å². The molecule has 0 unspecified atom stereocenters. The molecule has 3 aromatic rings. The van der Waals surface area contributed by atoms with Crippen molar-refractivity contribution in [1.29, 1.82) is 0 Å². The summed E-state index contributed by atoms with van der Waals surface area (Å²) in [6.07, 6.45) is 2.75. The third-order valence-electron chi connectivity index (χ3n) is 5.20. The molecule has 2 heterocycles. The molecule has 8 heteroatoms. The molecule has 0 atom stereocenters. The largest absolute Gasteiger partial charge is 0.457 e. The minimum absolute atomic E-state index is 0.123. The molecule has 2 aromatic carbocycles. The van der Waals surface area contributed by atoms with Crippen LogP contribution in [0.5, 0.6) is 0 Å². The van der Waals surface area contributed by atoms with E-state index in [-0.39, 0.29) is 12.2 Å². The van der Waals surface area contributed by atoms with Crippen LogP contribution in [0, 0.1) is 0 Å². The fraction of sp³-hybridized carbons (Fsp3) is 0.250. The Hall–Kier alpha value is -3.78. The highest BCUT2D eigenvalue weighted by Gasteiger charge is 2.22. The molecule has 0 spiro atoms. The zero-order valence-corrected chi connectivity index (χ0v) is 18.0. The van der Waals surface area contributed by atoms with E-state index in [1.165, 1.54) is 0 Å². The van der Waals surface area contributed by atoms with Gasteiger partial charge in [-0.05, 0) is 55.9 Å². The van der Waals surface area contributed by atoms with E-state index in [2.05, 4.69) is 5.32 Å². The van der Waals surface area contributed by atoms with Gasteiger partial charge >= 0.3 is 11.9 Å². The van der Waals surface area contributed by atoms with Gasteiger partial charge in [-0.25, -0.2) is 9.78 Å². The van der Waals surface area contributed by atoms with Crippen LogP contribution in [0.2, 0.25) is 0 Å². The number of fused-ring (bicyclic) bond motifs is 2. The summed E-state index contributed by atoms with van der Waals surface area (Å²) in [6.45, 7) is 1.22. The Bertz CT molecular complexity index is 1260. The number of amides is 1.